The van der Waals surface area contributed by atoms with Crippen molar-refractivity contribution in [3.63, 3.8) is 0 Å². The topological polar surface area (TPSA) is 78.9 Å². The smallest absolute Gasteiger partial charge is 0.246 e. The Morgan fingerprint density at radius 2 is 1.83 bits per heavy atom. The first-order valence-corrected chi connectivity index (χ1v) is 11.6. The van der Waals surface area contributed by atoms with Gasteiger partial charge in [-0.1, -0.05) is 17.7 Å². The first kappa shape index (κ1) is 22.4. The van der Waals surface area contributed by atoms with Crippen molar-refractivity contribution in [1.82, 2.24) is 4.31 Å². The molecule has 30 heavy (non-hydrogen) atoms. The number of nitrogens with one attached hydrogen (secondary N) is 1. The van der Waals surface area contributed by atoms with Crippen LogP contribution in [0.25, 0.3) is 0 Å². The molecular formula is C21H26ClN3O4S. The molecule has 162 valence electrons. The average Bonchev–Trinajstić information content (AvgIpc) is 2.71. The van der Waals surface area contributed by atoms with Gasteiger partial charge in [0.05, 0.1) is 6.61 Å². The van der Waals surface area contributed by atoms with E-state index >= 15 is 0 Å². The average molecular weight is 452 g/mol. The number of anilines is 2. The molecule has 1 N–H and O–H groups in total. The van der Waals surface area contributed by atoms with E-state index in [4.69, 9.17) is 16.3 Å². The molecule has 1 aliphatic heterocycles. The number of carbonyl (C=O) groups excluding carboxylic acids is 1. The highest BCUT2D eigenvalue weighted by Crippen LogP contribution is 2.32. The summed E-state index contributed by atoms with van der Waals surface area (Å²) in [7, 11) is -3.79. The Hall–Kier alpha value is -2.29. The van der Waals surface area contributed by atoms with Gasteiger partial charge in [0.15, 0.2) is 0 Å². The van der Waals surface area contributed by atoms with Gasteiger partial charge in [-0.3, -0.25) is 4.79 Å². The summed E-state index contributed by atoms with van der Waals surface area (Å²) >= 11 is 6.14. The molecule has 1 amide bonds. The lowest BCUT2D eigenvalue weighted by molar-refractivity contribution is -0.114. The number of ether oxygens (including phenoxy) is 1. The molecule has 9 heteroatoms. The second-order valence-corrected chi connectivity index (χ2v) is 9.44. The van der Waals surface area contributed by atoms with Gasteiger partial charge in [0.2, 0.25) is 15.9 Å². The molecule has 3 rings (SSSR count). The largest absolute Gasteiger partial charge is 0.492 e. The van der Waals surface area contributed by atoms with Crippen LogP contribution in [-0.2, 0) is 14.8 Å². The predicted molar refractivity (Wildman–Crippen MR) is 119 cm³/mol. The van der Waals surface area contributed by atoms with Gasteiger partial charge in [0, 0.05) is 49.5 Å². The Morgan fingerprint density at radius 3 is 2.47 bits per heavy atom. The SMILES string of the molecule is CCOc1ccc(NC(C)=O)cc1S(=O)(=O)N1CCN(c2cc(Cl)ccc2C)CC1. The van der Waals surface area contributed by atoms with Crippen molar-refractivity contribution in [2.75, 3.05) is 43.0 Å². The predicted octanol–water partition coefficient (Wildman–Crippen LogP) is 3.52. The van der Waals surface area contributed by atoms with Crippen LogP contribution < -0.4 is 15.0 Å². The van der Waals surface area contributed by atoms with E-state index in [0.717, 1.165) is 11.3 Å². The molecule has 7 nitrogen and oxygen atoms in total. The summed E-state index contributed by atoms with van der Waals surface area (Å²) in [6.07, 6.45) is 0. The van der Waals surface area contributed by atoms with Crippen molar-refractivity contribution >= 4 is 38.9 Å². The lowest BCUT2D eigenvalue weighted by Crippen LogP contribution is -2.48. The van der Waals surface area contributed by atoms with E-state index < -0.39 is 10.0 Å². The lowest BCUT2D eigenvalue weighted by Gasteiger charge is -2.36. The molecule has 0 radical (unpaired) electrons. The number of piperazine rings is 1. The highest BCUT2D eigenvalue weighted by molar-refractivity contribution is 7.89. The highest BCUT2D eigenvalue weighted by atomic mass is 35.5. The number of hydrogen-bond acceptors (Lipinski definition) is 5. The van der Waals surface area contributed by atoms with Gasteiger partial charge in [0.25, 0.3) is 0 Å². The normalized spacial score (nSPS) is 15.1. The fourth-order valence-corrected chi connectivity index (χ4v) is 5.24. The van der Waals surface area contributed by atoms with E-state index in [1.165, 1.54) is 17.3 Å². The molecule has 0 saturated carbocycles. The molecule has 0 spiro atoms. The van der Waals surface area contributed by atoms with Gasteiger partial charge in [-0.05, 0) is 49.7 Å². The number of hydrogen-bond donors (Lipinski definition) is 1. The molecule has 1 fully saturated rings. The second-order valence-electron chi connectivity index (χ2n) is 7.10. The zero-order chi connectivity index (χ0) is 21.9. The van der Waals surface area contributed by atoms with E-state index in [2.05, 4.69) is 10.2 Å². The summed E-state index contributed by atoms with van der Waals surface area (Å²) in [4.78, 5) is 13.6. The number of benzene rings is 2. The molecule has 1 saturated heterocycles. The molecule has 1 heterocycles. The zero-order valence-corrected chi connectivity index (χ0v) is 18.9. The van der Waals surface area contributed by atoms with Gasteiger partial charge in [0.1, 0.15) is 10.6 Å². The lowest BCUT2D eigenvalue weighted by atomic mass is 10.1. The summed E-state index contributed by atoms with van der Waals surface area (Å²) in [6, 6.07) is 10.4. The van der Waals surface area contributed by atoms with Crippen LogP contribution in [0.2, 0.25) is 5.02 Å². The van der Waals surface area contributed by atoms with Crippen LogP contribution in [0.5, 0.6) is 5.75 Å². The quantitative estimate of drug-likeness (QED) is 0.727. The third-order valence-electron chi connectivity index (χ3n) is 4.93. The van der Waals surface area contributed by atoms with Gasteiger partial charge in [-0.15, -0.1) is 0 Å². The Balaban J connectivity index is 1.84. The van der Waals surface area contributed by atoms with Crippen molar-refractivity contribution in [2.24, 2.45) is 0 Å². The Labute approximate surface area is 182 Å². The van der Waals surface area contributed by atoms with E-state index in [1.54, 1.807) is 19.1 Å². The molecule has 0 bridgehead atoms. The van der Waals surface area contributed by atoms with Crippen LogP contribution in [-0.4, -0.2) is 51.4 Å². The zero-order valence-electron chi connectivity index (χ0n) is 17.3. The van der Waals surface area contributed by atoms with Crippen molar-refractivity contribution in [1.29, 1.82) is 0 Å². The van der Waals surface area contributed by atoms with Crippen LogP contribution in [0.3, 0.4) is 0 Å². The minimum absolute atomic E-state index is 0.0583. The summed E-state index contributed by atoms with van der Waals surface area (Å²) in [5, 5.41) is 3.29. The van der Waals surface area contributed by atoms with Crippen LogP contribution in [0, 0.1) is 6.92 Å². The Morgan fingerprint density at radius 1 is 1.13 bits per heavy atom. The monoisotopic (exact) mass is 451 g/mol. The Kier molecular flexibility index (Phi) is 6.90. The van der Waals surface area contributed by atoms with Gasteiger partial charge < -0.3 is 15.0 Å². The van der Waals surface area contributed by atoms with E-state index in [0.29, 0.717) is 43.5 Å². The summed E-state index contributed by atoms with van der Waals surface area (Å²) < 4.78 is 33.8. The number of amides is 1. The van der Waals surface area contributed by atoms with E-state index in [1.807, 2.05) is 25.1 Å². The summed E-state index contributed by atoms with van der Waals surface area (Å²) in [5.74, 6) is 0.00716. The van der Waals surface area contributed by atoms with Crippen molar-refractivity contribution in [2.45, 2.75) is 25.7 Å². The highest BCUT2D eigenvalue weighted by Gasteiger charge is 2.31. The molecule has 0 unspecified atom stereocenters. The fraction of sp³-hybridized carbons (Fsp3) is 0.381. The maximum Gasteiger partial charge on any atom is 0.246 e. The summed E-state index contributed by atoms with van der Waals surface area (Å²) in [5.41, 5.74) is 2.53. The van der Waals surface area contributed by atoms with Crippen molar-refractivity contribution < 1.29 is 17.9 Å². The molecule has 1 aliphatic rings. The van der Waals surface area contributed by atoms with Crippen LogP contribution in [0.1, 0.15) is 19.4 Å². The van der Waals surface area contributed by atoms with Gasteiger partial charge in [-0.2, -0.15) is 4.31 Å². The molecule has 0 aromatic heterocycles. The number of sulfonamides is 1. The number of carbonyl (C=O) groups is 1. The molecular weight excluding hydrogens is 426 g/mol. The third-order valence-corrected chi connectivity index (χ3v) is 7.09. The van der Waals surface area contributed by atoms with Gasteiger partial charge in [-0.25, -0.2) is 8.42 Å². The van der Waals surface area contributed by atoms with Crippen molar-refractivity contribution in [3.8, 4) is 5.75 Å². The number of halogens is 1. The van der Waals surface area contributed by atoms with Crippen LogP contribution >= 0.6 is 11.6 Å². The standard InChI is InChI=1S/C21H26ClN3O4S/c1-4-29-20-8-7-18(23-16(3)26)14-21(20)30(27,28)25-11-9-24(10-12-25)19-13-17(22)6-5-15(19)2/h5-8,13-14H,4,9-12H2,1-3H3,(H,23,26). The second kappa shape index (κ2) is 9.24. The van der Waals surface area contributed by atoms with Crippen LogP contribution in [0.4, 0.5) is 11.4 Å². The minimum atomic E-state index is -3.79. The number of nitrogens with zero attached hydrogens (tertiary/aromatic N) is 2. The minimum Gasteiger partial charge on any atom is -0.492 e. The third kappa shape index (κ3) is 4.88. The fourth-order valence-electron chi connectivity index (χ4n) is 3.50. The van der Waals surface area contributed by atoms with Crippen molar-refractivity contribution in [3.05, 3.63) is 47.0 Å². The van der Waals surface area contributed by atoms with E-state index in [-0.39, 0.29) is 16.6 Å². The molecule has 0 aliphatic carbocycles. The first-order valence-electron chi connectivity index (χ1n) is 9.78. The summed E-state index contributed by atoms with van der Waals surface area (Å²) in [6.45, 7) is 7.30. The molecule has 2 aromatic rings. The maximum atomic E-state index is 13.4. The molecule has 2 aromatic carbocycles. The van der Waals surface area contributed by atoms with Gasteiger partial charge >= 0.3 is 0 Å². The number of aryl methyl sites for hydroxylation is 1. The van der Waals surface area contributed by atoms with E-state index in [9.17, 15) is 13.2 Å². The Bertz CT molecular complexity index is 1030. The van der Waals surface area contributed by atoms with Crippen LogP contribution in [0.15, 0.2) is 41.3 Å². The number of rotatable bonds is 6. The first-order chi connectivity index (χ1) is 14.2. The molecule has 0 atom stereocenters. The maximum absolute atomic E-state index is 13.4.